The Bertz CT molecular complexity index is 799. The lowest BCUT2D eigenvalue weighted by Gasteiger charge is -2.25. The van der Waals surface area contributed by atoms with Gasteiger partial charge in [-0.15, -0.1) is 11.3 Å². The number of amides is 2. The molecule has 27 heavy (non-hydrogen) atoms. The van der Waals surface area contributed by atoms with Gasteiger partial charge in [-0.2, -0.15) is 0 Å². The molecule has 1 N–H and O–H groups in total. The maximum absolute atomic E-state index is 12.8. The molecular weight excluding hydrogens is 358 g/mol. The number of carbonyl (C=O) groups excluding carboxylic acids is 2. The molecule has 1 saturated heterocycles. The van der Waals surface area contributed by atoms with Crippen LogP contribution in [-0.4, -0.2) is 28.2 Å². The van der Waals surface area contributed by atoms with E-state index in [0.29, 0.717) is 23.1 Å². The molecule has 1 aliphatic heterocycles. The fourth-order valence-electron chi connectivity index (χ4n) is 4.22. The summed E-state index contributed by atoms with van der Waals surface area (Å²) in [6.07, 6.45) is 11.0. The lowest BCUT2D eigenvalue weighted by atomic mass is 10.0. The summed E-state index contributed by atoms with van der Waals surface area (Å²) >= 11 is 1.50. The van der Waals surface area contributed by atoms with Crippen LogP contribution in [0, 0.1) is 5.92 Å². The van der Waals surface area contributed by atoms with Gasteiger partial charge >= 0.3 is 0 Å². The zero-order valence-electron chi connectivity index (χ0n) is 15.4. The fourth-order valence-corrected chi connectivity index (χ4v) is 5.27. The summed E-state index contributed by atoms with van der Waals surface area (Å²) in [7, 11) is 0. The van der Waals surface area contributed by atoms with Crippen LogP contribution in [0.5, 0.6) is 0 Å². The van der Waals surface area contributed by atoms with Gasteiger partial charge in [-0.3, -0.25) is 14.6 Å². The van der Waals surface area contributed by atoms with Gasteiger partial charge in [-0.1, -0.05) is 12.8 Å². The largest absolute Gasteiger partial charge is 0.335 e. The van der Waals surface area contributed by atoms with Gasteiger partial charge in [0.1, 0.15) is 0 Å². The van der Waals surface area contributed by atoms with Crippen LogP contribution >= 0.6 is 11.3 Å². The molecular formula is C21H25N3O2S. The minimum Gasteiger partial charge on any atom is -0.335 e. The van der Waals surface area contributed by atoms with E-state index in [2.05, 4.69) is 15.2 Å². The number of nitrogens with zero attached hydrogens (tertiary/aromatic N) is 2. The number of rotatable bonds is 5. The Hall–Kier alpha value is -2.21. The third-order valence-electron chi connectivity index (χ3n) is 5.63. The van der Waals surface area contributed by atoms with Crippen molar-refractivity contribution < 1.29 is 9.59 Å². The van der Waals surface area contributed by atoms with E-state index in [1.54, 1.807) is 24.5 Å². The summed E-state index contributed by atoms with van der Waals surface area (Å²) in [5.74, 6) is 0.753. The summed E-state index contributed by atoms with van der Waals surface area (Å²) in [5, 5.41) is 2.90. The Labute approximate surface area is 163 Å². The van der Waals surface area contributed by atoms with Gasteiger partial charge in [0.15, 0.2) is 0 Å². The lowest BCUT2D eigenvalue weighted by Crippen LogP contribution is -2.31. The molecule has 1 saturated carbocycles. The standard InChI is InChI=1S/C21H25N3O2S/c25-20(14-15-4-1-2-5-15)24-13-3-6-17(24)18-7-8-19(27-18)21(26)23-16-9-11-22-12-10-16/h7-12,15,17H,1-6,13-14H2,(H,22,23,26). The van der Waals surface area contributed by atoms with Gasteiger partial charge in [0.05, 0.1) is 10.9 Å². The Morgan fingerprint density at radius 2 is 1.85 bits per heavy atom. The number of hydrogen-bond donors (Lipinski definition) is 1. The summed E-state index contributed by atoms with van der Waals surface area (Å²) in [6, 6.07) is 7.55. The van der Waals surface area contributed by atoms with Gasteiger partial charge in [0, 0.05) is 35.9 Å². The highest BCUT2D eigenvalue weighted by molar-refractivity contribution is 7.14. The second kappa shape index (κ2) is 8.21. The fraction of sp³-hybridized carbons (Fsp3) is 0.476. The third kappa shape index (κ3) is 4.21. The molecule has 0 spiro atoms. The molecule has 1 unspecified atom stereocenters. The van der Waals surface area contributed by atoms with E-state index in [0.717, 1.165) is 30.0 Å². The molecule has 1 aliphatic carbocycles. The second-order valence-electron chi connectivity index (χ2n) is 7.49. The molecule has 3 heterocycles. The van der Waals surface area contributed by atoms with Crippen molar-refractivity contribution in [3.05, 3.63) is 46.4 Å². The van der Waals surface area contributed by atoms with E-state index in [1.807, 2.05) is 12.1 Å². The molecule has 2 aromatic rings. The number of carbonyl (C=O) groups is 2. The molecule has 1 atom stereocenters. The smallest absolute Gasteiger partial charge is 0.265 e. The van der Waals surface area contributed by atoms with E-state index in [1.165, 1.54) is 37.0 Å². The molecule has 5 nitrogen and oxygen atoms in total. The topological polar surface area (TPSA) is 62.3 Å². The van der Waals surface area contributed by atoms with Crippen molar-refractivity contribution in [1.29, 1.82) is 0 Å². The summed E-state index contributed by atoms with van der Waals surface area (Å²) in [4.78, 5) is 33.1. The van der Waals surface area contributed by atoms with Gasteiger partial charge in [0.25, 0.3) is 5.91 Å². The molecule has 0 bridgehead atoms. The monoisotopic (exact) mass is 383 g/mol. The highest BCUT2D eigenvalue weighted by Gasteiger charge is 2.32. The van der Waals surface area contributed by atoms with Crippen LogP contribution in [0.2, 0.25) is 0 Å². The van der Waals surface area contributed by atoms with Crippen LogP contribution in [-0.2, 0) is 4.79 Å². The summed E-state index contributed by atoms with van der Waals surface area (Å²) in [6.45, 7) is 0.840. The van der Waals surface area contributed by atoms with Crippen LogP contribution in [0.4, 0.5) is 5.69 Å². The maximum atomic E-state index is 12.8. The summed E-state index contributed by atoms with van der Waals surface area (Å²) in [5.41, 5.74) is 0.735. The van der Waals surface area contributed by atoms with Crippen molar-refractivity contribution in [2.75, 3.05) is 11.9 Å². The van der Waals surface area contributed by atoms with Crippen LogP contribution in [0.15, 0.2) is 36.7 Å². The van der Waals surface area contributed by atoms with Crippen LogP contribution < -0.4 is 5.32 Å². The van der Waals surface area contributed by atoms with Crippen molar-refractivity contribution in [1.82, 2.24) is 9.88 Å². The Morgan fingerprint density at radius 3 is 2.63 bits per heavy atom. The molecule has 142 valence electrons. The molecule has 2 aliphatic rings. The number of hydrogen-bond acceptors (Lipinski definition) is 4. The van der Waals surface area contributed by atoms with Crippen molar-refractivity contribution in [3.63, 3.8) is 0 Å². The Kier molecular flexibility index (Phi) is 5.53. The Balaban J connectivity index is 1.42. The predicted octanol–water partition coefficient (Wildman–Crippen LogP) is 4.64. The summed E-state index contributed by atoms with van der Waals surface area (Å²) < 4.78 is 0. The predicted molar refractivity (Wildman–Crippen MR) is 107 cm³/mol. The second-order valence-corrected chi connectivity index (χ2v) is 8.61. The zero-order chi connectivity index (χ0) is 18.6. The molecule has 6 heteroatoms. The molecule has 2 amide bonds. The SMILES string of the molecule is O=C(Nc1ccncc1)c1ccc(C2CCCN2C(=O)CC2CCCC2)s1. The normalized spacial score (nSPS) is 20.1. The number of anilines is 1. The highest BCUT2D eigenvalue weighted by Crippen LogP contribution is 2.38. The van der Waals surface area contributed by atoms with Crippen molar-refractivity contribution in [3.8, 4) is 0 Å². The maximum Gasteiger partial charge on any atom is 0.265 e. The minimum atomic E-state index is -0.112. The first kappa shape index (κ1) is 18.2. The van der Waals surface area contributed by atoms with Gasteiger partial charge in [0.2, 0.25) is 5.91 Å². The van der Waals surface area contributed by atoms with Crippen molar-refractivity contribution in [2.45, 2.75) is 51.0 Å². The van der Waals surface area contributed by atoms with E-state index in [4.69, 9.17) is 0 Å². The molecule has 2 aromatic heterocycles. The number of pyridine rings is 1. The molecule has 4 rings (SSSR count). The van der Waals surface area contributed by atoms with Crippen LogP contribution in [0.3, 0.4) is 0 Å². The molecule has 2 fully saturated rings. The average molecular weight is 384 g/mol. The van der Waals surface area contributed by atoms with Crippen LogP contribution in [0.25, 0.3) is 0 Å². The highest BCUT2D eigenvalue weighted by atomic mass is 32.1. The lowest BCUT2D eigenvalue weighted by molar-refractivity contribution is -0.133. The van der Waals surface area contributed by atoms with Gasteiger partial charge < -0.3 is 10.2 Å². The average Bonchev–Trinajstić information content (AvgIpc) is 3.43. The molecule has 0 aromatic carbocycles. The number of aromatic nitrogens is 1. The van der Waals surface area contributed by atoms with E-state index >= 15 is 0 Å². The molecule has 0 radical (unpaired) electrons. The third-order valence-corrected chi connectivity index (χ3v) is 6.81. The first-order valence-electron chi connectivity index (χ1n) is 9.81. The first-order valence-corrected chi connectivity index (χ1v) is 10.6. The Morgan fingerprint density at radius 1 is 1.07 bits per heavy atom. The first-order chi connectivity index (χ1) is 13.2. The number of nitrogens with one attached hydrogen (secondary N) is 1. The number of thiophene rings is 1. The van der Waals surface area contributed by atoms with Gasteiger partial charge in [-0.05, 0) is 55.9 Å². The van der Waals surface area contributed by atoms with Gasteiger partial charge in [-0.25, -0.2) is 0 Å². The van der Waals surface area contributed by atoms with E-state index in [-0.39, 0.29) is 11.9 Å². The van der Waals surface area contributed by atoms with E-state index < -0.39 is 0 Å². The van der Waals surface area contributed by atoms with Crippen molar-refractivity contribution in [2.24, 2.45) is 5.92 Å². The van der Waals surface area contributed by atoms with Crippen molar-refractivity contribution >= 4 is 28.8 Å². The quantitative estimate of drug-likeness (QED) is 0.818. The zero-order valence-corrected chi connectivity index (χ0v) is 16.2. The van der Waals surface area contributed by atoms with Crippen LogP contribution in [0.1, 0.15) is 65.5 Å². The minimum absolute atomic E-state index is 0.112. The van der Waals surface area contributed by atoms with E-state index in [9.17, 15) is 9.59 Å². The number of likely N-dealkylation sites (tertiary alicyclic amines) is 1.